The number of aliphatic imine (C=N–C) groups is 1. The molecule has 1 saturated heterocycles. The number of carbonyl (C=O) groups excluding carboxylic acids is 1. The van der Waals surface area contributed by atoms with Crippen LogP contribution >= 0.6 is 0 Å². The third-order valence-electron chi connectivity index (χ3n) is 5.32. The molecular weight excluding hydrogens is 362 g/mol. The molecule has 1 amide bonds. The molecule has 3 N–H and O–H groups in total. The molecular formula is C23H31N5O. The van der Waals surface area contributed by atoms with Crippen LogP contribution in [0.1, 0.15) is 47.3 Å². The van der Waals surface area contributed by atoms with E-state index in [4.69, 9.17) is 0 Å². The third-order valence-corrected chi connectivity index (χ3v) is 5.32. The predicted molar refractivity (Wildman–Crippen MR) is 119 cm³/mol. The van der Waals surface area contributed by atoms with Gasteiger partial charge in [-0.15, -0.1) is 0 Å². The maximum Gasteiger partial charge on any atom is 0.251 e. The Morgan fingerprint density at radius 3 is 2.52 bits per heavy atom. The van der Waals surface area contributed by atoms with Gasteiger partial charge in [0, 0.05) is 45.0 Å². The Labute approximate surface area is 173 Å². The summed E-state index contributed by atoms with van der Waals surface area (Å²) in [5.41, 5.74) is 4.29. The first-order chi connectivity index (χ1) is 14.1. The summed E-state index contributed by atoms with van der Waals surface area (Å²) < 4.78 is 0. The number of nitrogens with zero attached hydrogens (tertiary/aromatic N) is 2. The number of carbonyl (C=O) groups is 1. The van der Waals surface area contributed by atoms with Crippen molar-refractivity contribution in [1.29, 1.82) is 0 Å². The number of guanidine groups is 1. The van der Waals surface area contributed by atoms with Gasteiger partial charge >= 0.3 is 0 Å². The van der Waals surface area contributed by atoms with Gasteiger partial charge in [-0.2, -0.15) is 0 Å². The number of hydrogen-bond acceptors (Lipinski definition) is 3. The molecule has 0 aromatic heterocycles. The number of anilines is 1. The maximum absolute atomic E-state index is 11.6. The third kappa shape index (κ3) is 5.50. The first-order valence-electron chi connectivity index (χ1n) is 10.2. The number of rotatable bonds is 6. The van der Waals surface area contributed by atoms with E-state index in [0.717, 1.165) is 24.6 Å². The Hall–Kier alpha value is -3.02. The van der Waals surface area contributed by atoms with Crippen LogP contribution in [0.2, 0.25) is 0 Å². The van der Waals surface area contributed by atoms with Crippen molar-refractivity contribution in [3.8, 4) is 0 Å². The fraction of sp³-hybridized carbons (Fsp3) is 0.391. The van der Waals surface area contributed by atoms with Crippen LogP contribution < -0.4 is 20.9 Å². The average Bonchev–Trinajstić information content (AvgIpc) is 3.31. The molecule has 1 aliphatic heterocycles. The van der Waals surface area contributed by atoms with Gasteiger partial charge < -0.3 is 20.9 Å². The number of amides is 1. The van der Waals surface area contributed by atoms with E-state index in [9.17, 15) is 4.79 Å². The fourth-order valence-electron chi connectivity index (χ4n) is 3.55. The van der Waals surface area contributed by atoms with Gasteiger partial charge in [0.1, 0.15) is 0 Å². The summed E-state index contributed by atoms with van der Waals surface area (Å²) in [6, 6.07) is 16.5. The lowest BCUT2D eigenvalue weighted by Crippen LogP contribution is -2.38. The van der Waals surface area contributed by atoms with Crippen molar-refractivity contribution in [2.24, 2.45) is 4.99 Å². The summed E-state index contributed by atoms with van der Waals surface area (Å²) in [6.45, 7) is 5.07. The van der Waals surface area contributed by atoms with Crippen LogP contribution in [0.25, 0.3) is 0 Å². The van der Waals surface area contributed by atoms with E-state index < -0.39 is 0 Å². The minimum atomic E-state index is -0.0769. The molecule has 1 fully saturated rings. The molecule has 6 nitrogen and oxygen atoms in total. The van der Waals surface area contributed by atoms with Crippen LogP contribution in [0.3, 0.4) is 0 Å². The van der Waals surface area contributed by atoms with Gasteiger partial charge in [-0.25, -0.2) is 0 Å². The van der Waals surface area contributed by atoms with Crippen molar-refractivity contribution in [3.63, 3.8) is 0 Å². The van der Waals surface area contributed by atoms with Crippen LogP contribution in [0.15, 0.2) is 53.5 Å². The van der Waals surface area contributed by atoms with Gasteiger partial charge in [-0.1, -0.05) is 24.3 Å². The number of hydrogen-bond donors (Lipinski definition) is 3. The van der Waals surface area contributed by atoms with Gasteiger partial charge in [0.15, 0.2) is 5.96 Å². The Kier molecular flexibility index (Phi) is 7.11. The van der Waals surface area contributed by atoms with E-state index in [0.29, 0.717) is 12.1 Å². The number of benzene rings is 2. The van der Waals surface area contributed by atoms with Gasteiger partial charge in [0.2, 0.25) is 0 Å². The van der Waals surface area contributed by atoms with Crippen molar-refractivity contribution in [2.75, 3.05) is 32.1 Å². The highest BCUT2D eigenvalue weighted by atomic mass is 16.1. The molecule has 0 radical (unpaired) electrons. The lowest BCUT2D eigenvalue weighted by molar-refractivity contribution is 0.0963. The summed E-state index contributed by atoms with van der Waals surface area (Å²) in [6.07, 6.45) is 2.55. The Bertz CT molecular complexity index is 841. The fourth-order valence-corrected chi connectivity index (χ4v) is 3.55. The van der Waals surface area contributed by atoms with Crippen molar-refractivity contribution in [3.05, 3.63) is 65.2 Å². The molecule has 2 aromatic carbocycles. The molecule has 1 unspecified atom stereocenters. The van der Waals surface area contributed by atoms with Crippen molar-refractivity contribution < 1.29 is 4.79 Å². The zero-order valence-corrected chi connectivity index (χ0v) is 17.5. The average molecular weight is 394 g/mol. The Morgan fingerprint density at radius 2 is 1.86 bits per heavy atom. The summed E-state index contributed by atoms with van der Waals surface area (Å²) in [5, 5.41) is 9.44. The van der Waals surface area contributed by atoms with E-state index in [1.54, 1.807) is 14.1 Å². The van der Waals surface area contributed by atoms with Crippen molar-refractivity contribution in [2.45, 2.75) is 32.4 Å². The molecule has 154 valence electrons. The second-order valence-electron chi connectivity index (χ2n) is 7.36. The van der Waals surface area contributed by atoms with Crippen molar-refractivity contribution >= 4 is 17.6 Å². The van der Waals surface area contributed by atoms with Gasteiger partial charge in [-0.05, 0) is 55.2 Å². The van der Waals surface area contributed by atoms with E-state index in [-0.39, 0.29) is 11.9 Å². The van der Waals surface area contributed by atoms with E-state index in [1.165, 1.54) is 24.1 Å². The maximum atomic E-state index is 11.6. The quantitative estimate of drug-likeness (QED) is 0.521. The minimum absolute atomic E-state index is 0.0769. The zero-order chi connectivity index (χ0) is 20.6. The SMILES string of the molecule is CN=C(NCc1ccc(C(=O)NC)cc1)NC(C)c1cccc(N2CCCC2)c1. The molecule has 0 aliphatic carbocycles. The van der Waals surface area contributed by atoms with Crippen molar-refractivity contribution in [1.82, 2.24) is 16.0 Å². The van der Waals surface area contributed by atoms with Crippen LogP contribution in [-0.4, -0.2) is 39.1 Å². The highest BCUT2D eigenvalue weighted by molar-refractivity contribution is 5.93. The highest BCUT2D eigenvalue weighted by Crippen LogP contribution is 2.23. The molecule has 0 spiro atoms. The van der Waals surface area contributed by atoms with Gasteiger partial charge in [0.05, 0.1) is 6.04 Å². The van der Waals surface area contributed by atoms with Gasteiger partial charge in [0.25, 0.3) is 5.91 Å². The summed E-state index contributed by atoms with van der Waals surface area (Å²) in [7, 11) is 3.41. The summed E-state index contributed by atoms with van der Waals surface area (Å²) in [4.78, 5) is 18.4. The Morgan fingerprint density at radius 1 is 1.14 bits per heavy atom. The molecule has 1 heterocycles. The smallest absolute Gasteiger partial charge is 0.251 e. The summed E-state index contributed by atoms with van der Waals surface area (Å²) >= 11 is 0. The molecule has 29 heavy (non-hydrogen) atoms. The van der Waals surface area contributed by atoms with Crippen LogP contribution in [0.5, 0.6) is 0 Å². The second-order valence-corrected chi connectivity index (χ2v) is 7.36. The largest absolute Gasteiger partial charge is 0.372 e. The molecule has 0 saturated carbocycles. The van der Waals surface area contributed by atoms with Gasteiger partial charge in [-0.3, -0.25) is 9.79 Å². The standard InChI is InChI=1S/C23H31N5O/c1-17(20-7-6-8-21(15-20)28-13-4-5-14-28)27-23(25-3)26-16-18-9-11-19(12-10-18)22(29)24-2/h6-12,15,17H,4-5,13-14,16H2,1-3H3,(H,24,29)(H2,25,26,27). The topological polar surface area (TPSA) is 68.8 Å². The Balaban J connectivity index is 1.57. The molecule has 2 aromatic rings. The number of nitrogens with one attached hydrogen (secondary N) is 3. The second kappa shape index (κ2) is 9.96. The molecule has 1 aliphatic rings. The van der Waals surface area contributed by atoms with E-state index in [1.807, 2.05) is 24.3 Å². The lowest BCUT2D eigenvalue weighted by Gasteiger charge is -2.22. The van der Waals surface area contributed by atoms with Crippen LogP contribution in [0, 0.1) is 0 Å². The van der Waals surface area contributed by atoms with E-state index >= 15 is 0 Å². The molecule has 1 atom stereocenters. The first-order valence-corrected chi connectivity index (χ1v) is 10.2. The predicted octanol–water partition coefficient (Wildman–Crippen LogP) is 3.07. The van der Waals surface area contributed by atoms with Crippen LogP contribution in [-0.2, 0) is 6.54 Å². The zero-order valence-electron chi connectivity index (χ0n) is 17.5. The lowest BCUT2D eigenvalue weighted by atomic mass is 10.1. The minimum Gasteiger partial charge on any atom is -0.372 e. The highest BCUT2D eigenvalue weighted by Gasteiger charge is 2.14. The molecule has 6 heteroatoms. The molecule has 3 rings (SSSR count). The van der Waals surface area contributed by atoms with E-state index in [2.05, 4.69) is 57.0 Å². The summed E-state index contributed by atoms with van der Waals surface area (Å²) in [5.74, 6) is 0.673. The monoisotopic (exact) mass is 393 g/mol. The first kappa shape index (κ1) is 20.7. The van der Waals surface area contributed by atoms with Crippen LogP contribution in [0.4, 0.5) is 5.69 Å². The normalized spacial score (nSPS) is 15.1. The molecule has 0 bridgehead atoms.